The van der Waals surface area contributed by atoms with Crippen LogP contribution in [0.25, 0.3) is 0 Å². The number of ether oxygens (including phenoxy) is 1. The number of rotatable bonds is 6. The quantitative estimate of drug-likeness (QED) is 0.779. The number of urea groups is 1. The maximum Gasteiger partial charge on any atom is 0.321 e. The zero-order chi connectivity index (χ0) is 17.6. The van der Waals surface area contributed by atoms with Crippen LogP contribution >= 0.6 is 0 Å². The summed E-state index contributed by atoms with van der Waals surface area (Å²) in [5, 5.41) is 5.66. The van der Waals surface area contributed by atoms with Gasteiger partial charge in [-0.25, -0.2) is 4.79 Å². The summed E-state index contributed by atoms with van der Waals surface area (Å²) >= 11 is 0. The second-order valence-electron chi connectivity index (χ2n) is 6.86. The lowest BCUT2D eigenvalue weighted by atomic mass is 9.88. The van der Waals surface area contributed by atoms with Crippen molar-refractivity contribution in [3.8, 4) is 0 Å². The molecule has 0 spiro atoms. The third-order valence-electron chi connectivity index (χ3n) is 5.05. The molecule has 1 aliphatic heterocycles. The summed E-state index contributed by atoms with van der Waals surface area (Å²) in [6.07, 6.45) is 5.23. The fraction of sp³-hybridized carbons (Fsp3) is 0.579. The molecule has 3 amide bonds. The van der Waals surface area contributed by atoms with Gasteiger partial charge in [0, 0.05) is 30.9 Å². The van der Waals surface area contributed by atoms with Crippen LogP contribution in [0, 0.1) is 5.92 Å². The van der Waals surface area contributed by atoms with Crippen molar-refractivity contribution in [1.29, 1.82) is 0 Å². The van der Waals surface area contributed by atoms with Crippen molar-refractivity contribution >= 4 is 17.6 Å². The Morgan fingerprint density at radius 2 is 2.04 bits per heavy atom. The lowest BCUT2D eigenvalue weighted by Crippen LogP contribution is -2.32. The highest BCUT2D eigenvalue weighted by Gasteiger charge is 2.22. The van der Waals surface area contributed by atoms with E-state index in [-0.39, 0.29) is 11.9 Å². The minimum absolute atomic E-state index is 0.0914. The molecule has 0 radical (unpaired) electrons. The predicted octanol–water partition coefficient (Wildman–Crippen LogP) is 2.54. The number of anilines is 1. The van der Waals surface area contributed by atoms with Crippen LogP contribution in [0.5, 0.6) is 0 Å². The number of carbonyl (C=O) groups is 2. The van der Waals surface area contributed by atoms with Crippen LogP contribution in [0.1, 0.15) is 43.0 Å². The van der Waals surface area contributed by atoms with Crippen LogP contribution in [0.2, 0.25) is 0 Å². The summed E-state index contributed by atoms with van der Waals surface area (Å²) < 4.78 is 5.91. The molecule has 3 rings (SSSR count). The molecule has 0 bridgehead atoms. The summed E-state index contributed by atoms with van der Waals surface area (Å²) in [6.45, 7) is 4.61. The molecule has 1 heterocycles. The molecule has 2 N–H and O–H groups in total. The van der Waals surface area contributed by atoms with E-state index in [2.05, 4.69) is 17.6 Å². The number of nitrogens with one attached hydrogen (secondary N) is 2. The van der Waals surface area contributed by atoms with Gasteiger partial charge < -0.3 is 15.4 Å². The Bertz CT molecular complexity index is 602. The lowest BCUT2D eigenvalue weighted by molar-refractivity contribution is -0.00293. The molecular weight excluding hydrogens is 318 g/mol. The first-order valence-corrected chi connectivity index (χ1v) is 9.20. The molecule has 1 aromatic rings. The molecule has 1 aromatic carbocycles. The monoisotopic (exact) mass is 345 g/mol. The highest BCUT2D eigenvalue weighted by atomic mass is 16.5. The Morgan fingerprint density at radius 3 is 2.72 bits per heavy atom. The van der Waals surface area contributed by atoms with Gasteiger partial charge in [-0.1, -0.05) is 19.8 Å². The van der Waals surface area contributed by atoms with Crippen LogP contribution in [-0.4, -0.2) is 44.3 Å². The van der Waals surface area contributed by atoms with Gasteiger partial charge in [-0.05, 0) is 43.0 Å². The van der Waals surface area contributed by atoms with Crippen LogP contribution in [0.3, 0.4) is 0 Å². The van der Waals surface area contributed by atoms with Gasteiger partial charge in [-0.2, -0.15) is 0 Å². The van der Waals surface area contributed by atoms with Crippen molar-refractivity contribution in [2.45, 2.75) is 38.7 Å². The van der Waals surface area contributed by atoms with Crippen LogP contribution in [0.15, 0.2) is 24.3 Å². The van der Waals surface area contributed by atoms with Gasteiger partial charge in [-0.15, -0.1) is 0 Å². The third-order valence-corrected chi connectivity index (χ3v) is 5.05. The van der Waals surface area contributed by atoms with Gasteiger partial charge >= 0.3 is 6.03 Å². The second-order valence-corrected chi connectivity index (χ2v) is 6.86. The average Bonchev–Trinajstić information content (AvgIpc) is 3.06. The molecule has 0 unspecified atom stereocenters. The highest BCUT2D eigenvalue weighted by Crippen LogP contribution is 2.26. The number of amides is 3. The van der Waals surface area contributed by atoms with Gasteiger partial charge in [0.25, 0.3) is 5.91 Å². The maximum atomic E-state index is 12.2. The summed E-state index contributed by atoms with van der Waals surface area (Å²) in [5.74, 6) is 0.498. The second kappa shape index (κ2) is 8.34. The highest BCUT2D eigenvalue weighted by molar-refractivity contribution is 5.96. The molecular formula is C19H27N3O3. The fourth-order valence-electron chi connectivity index (χ4n) is 3.52. The molecule has 25 heavy (non-hydrogen) atoms. The van der Waals surface area contributed by atoms with Crippen LogP contribution < -0.4 is 15.5 Å². The first-order valence-electron chi connectivity index (χ1n) is 9.20. The van der Waals surface area contributed by atoms with Crippen LogP contribution in [0.4, 0.5) is 10.5 Å². The van der Waals surface area contributed by atoms with Gasteiger partial charge in [-0.3, -0.25) is 9.69 Å². The first-order chi connectivity index (χ1) is 12.1. The molecule has 0 aromatic heterocycles. The van der Waals surface area contributed by atoms with E-state index in [4.69, 9.17) is 4.74 Å². The maximum absolute atomic E-state index is 12.2. The summed E-state index contributed by atoms with van der Waals surface area (Å²) in [6, 6.07) is 7.02. The van der Waals surface area contributed by atoms with Crippen LogP contribution in [-0.2, 0) is 4.74 Å². The Labute approximate surface area is 148 Å². The van der Waals surface area contributed by atoms with Crippen molar-refractivity contribution < 1.29 is 14.3 Å². The number of carbonyl (C=O) groups excluding carboxylic acids is 2. The number of benzene rings is 1. The molecule has 1 aliphatic carbocycles. The average molecular weight is 345 g/mol. The standard InChI is InChI=1S/C19H27N3O3/c1-14-4-2-3-5-17(14)25-13-11-20-18(23)15-6-8-16(9-7-15)22-12-10-21-19(22)24/h6-9,14,17H,2-5,10-13H2,1H3,(H,20,23)(H,21,24)/t14-,17-/m0/s1. The SMILES string of the molecule is C[C@H]1CCCC[C@@H]1OCCNC(=O)c1ccc(N2CCNC2=O)cc1. The normalized spacial score (nSPS) is 23.4. The van der Waals surface area contributed by atoms with Gasteiger partial charge in [0.05, 0.1) is 12.7 Å². The van der Waals surface area contributed by atoms with Gasteiger partial charge in [0.1, 0.15) is 0 Å². The summed E-state index contributed by atoms with van der Waals surface area (Å²) in [5.41, 5.74) is 1.40. The molecule has 2 fully saturated rings. The molecule has 6 nitrogen and oxygen atoms in total. The first kappa shape index (κ1) is 17.7. The molecule has 136 valence electrons. The van der Waals surface area contributed by atoms with Crippen molar-refractivity contribution in [2.75, 3.05) is 31.1 Å². The molecule has 1 saturated carbocycles. The van der Waals surface area contributed by atoms with Crippen molar-refractivity contribution in [3.05, 3.63) is 29.8 Å². The largest absolute Gasteiger partial charge is 0.376 e. The third kappa shape index (κ3) is 4.51. The number of hydrogen-bond donors (Lipinski definition) is 2. The molecule has 2 aliphatic rings. The minimum atomic E-state index is -0.113. The Hall–Kier alpha value is -2.08. The number of nitrogens with zero attached hydrogens (tertiary/aromatic N) is 1. The molecule has 2 atom stereocenters. The topological polar surface area (TPSA) is 70.7 Å². The van der Waals surface area contributed by atoms with Crippen molar-refractivity contribution in [3.63, 3.8) is 0 Å². The zero-order valence-corrected chi connectivity index (χ0v) is 14.8. The Morgan fingerprint density at radius 1 is 1.28 bits per heavy atom. The number of hydrogen-bond acceptors (Lipinski definition) is 3. The van der Waals surface area contributed by atoms with E-state index in [0.717, 1.165) is 12.1 Å². The Balaban J connectivity index is 1.43. The van der Waals surface area contributed by atoms with Gasteiger partial charge in [0.15, 0.2) is 0 Å². The van der Waals surface area contributed by atoms with E-state index in [1.807, 2.05) is 0 Å². The van der Waals surface area contributed by atoms with E-state index in [1.165, 1.54) is 19.3 Å². The van der Waals surface area contributed by atoms with E-state index in [9.17, 15) is 9.59 Å². The van der Waals surface area contributed by atoms with Crippen molar-refractivity contribution in [2.24, 2.45) is 5.92 Å². The lowest BCUT2D eigenvalue weighted by Gasteiger charge is -2.28. The van der Waals surface area contributed by atoms with E-state index in [0.29, 0.717) is 43.8 Å². The fourth-order valence-corrected chi connectivity index (χ4v) is 3.52. The van der Waals surface area contributed by atoms with Gasteiger partial charge in [0.2, 0.25) is 0 Å². The van der Waals surface area contributed by atoms with E-state index < -0.39 is 0 Å². The van der Waals surface area contributed by atoms with E-state index >= 15 is 0 Å². The minimum Gasteiger partial charge on any atom is -0.376 e. The zero-order valence-electron chi connectivity index (χ0n) is 14.8. The van der Waals surface area contributed by atoms with Crippen molar-refractivity contribution in [1.82, 2.24) is 10.6 Å². The smallest absolute Gasteiger partial charge is 0.321 e. The van der Waals surface area contributed by atoms with E-state index in [1.54, 1.807) is 29.2 Å². The predicted molar refractivity (Wildman–Crippen MR) is 96.9 cm³/mol. The summed E-state index contributed by atoms with van der Waals surface area (Å²) in [7, 11) is 0. The summed E-state index contributed by atoms with van der Waals surface area (Å²) in [4.78, 5) is 25.5. The Kier molecular flexibility index (Phi) is 5.91. The molecule has 1 saturated heterocycles. The molecule has 6 heteroatoms.